The molecule has 1 saturated heterocycles. The van der Waals surface area contributed by atoms with E-state index in [0.29, 0.717) is 24.9 Å². The monoisotopic (exact) mass is 449 g/mol. The first-order valence-corrected chi connectivity index (χ1v) is 11.1. The van der Waals surface area contributed by atoms with Gasteiger partial charge in [0.25, 0.3) is 0 Å². The maximum Gasteiger partial charge on any atom is 0.410 e. The summed E-state index contributed by atoms with van der Waals surface area (Å²) in [5.41, 5.74) is 2.36. The molecule has 1 amide bonds. The van der Waals surface area contributed by atoms with Crippen molar-refractivity contribution in [1.29, 1.82) is 5.26 Å². The molecule has 174 valence electrons. The zero-order valence-electron chi connectivity index (χ0n) is 19.9. The molecule has 0 radical (unpaired) electrons. The highest BCUT2D eigenvalue weighted by molar-refractivity contribution is 5.68. The van der Waals surface area contributed by atoms with Crippen LogP contribution < -0.4 is 10.1 Å². The van der Waals surface area contributed by atoms with Gasteiger partial charge in [0, 0.05) is 37.5 Å². The van der Waals surface area contributed by atoms with E-state index >= 15 is 0 Å². The van der Waals surface area contributed by atoms with Crippen LogP contribution >= 0.6 is 0 Å². The lowest BCUT2D eigenvalue weighted by atomic mass is 10.1. The number of aryl methyl sites for hydroxylation is 2. The fourth-order valence-corrected chi connectivity index (χ4v) is 3.66. The number of nitrogens with one attached hydrogen (secondary N) is 1. The molecule has 33 heavy (non-hydrogen) atoms. The van der Waals surface area contributed by atoms with Gasteiger partial charge in [0.2, 0.25) is 11.8 Å². The fourth-order valence-electron chi connectivity index (χ4n) is 3.66. The lowest BCUT2D eigenvalue weighted by Crippen LogP contribution is -2.44. The highest BCUT2D eigenvalue weighted by Crippen LogP contribution is 2.30. The van der Waals surface area contributed by atoms with Crippen molar-refractivity contribution in [3.05, 3.63) is 47.2 Å². The summed E-state index contributed by atoms with van der Waals surface area (Å²) in [4.78, 5) is 22.8. The lowest BCUT2D eigenvalue weighted by molar-refractivity contribution is 0.0210. The Hall–Kier alpha value is -3.60. The molecule has 8 heteroatoms. The van der Waals surface area contributed by atoms with Crippen LogP contribution in [-0.4, -0.2) is 45.7 Å². The molecule has 2 heterocycles. The molecule has 1 N–H and O–H groups in total. The molecule has 0 spiro atoms. The van der Waals surface area contributed by atoms with Gasteiger partial charge in [-0.05, 0) is 82.4 Å². The Bertz CT molecular complexity index is 1040. The van der Waals surface area contributed by atoms with Crippen molar-refractivity contribution in [3.63, 3.8) is 0 Å². The summed E-state index contributed by atoms with van der Waals surface area (Å²) >= 11 is 0. The van der Waals surface area contributed by atoms with Crippen molar-refractivity contribution in [1.82, 2.24) is 14.9 Å². The van der Waals surface area contributed by atoms with E-state index in [1.165, 1.54) is 6.08 Å². The number of rotatable bonds is 5. The molecule has 1 aromatic heterocycles. The van der Waals surface area contributed by atoms with Gasteiger partial charge in [-0.2, -0.15) is 10.2 Å². The Morgan fingerprint density at radius 2 is 1.91 bits per heavy atom. The summed E-state index contributed by atoms with van der Waals surface area (Å²) in [5, 5.41) is 12.1. The molecule has 3 rings (SSSR count). The number of aromatic nitrogens is 2. The van der Waals surface area contributed by atoms with Crippen molar-refractivity contribution in [2.75, 3.05) is 18.4 Å². The number of carbonyl (C=O) groups excluding carboxylic acids is 1. The van der Waals surface area contributed by atoms with Crippen molar-refractivity contribution < 1.29 is 14.3 Å². The highest BCUT2D eigenvalue weighted by Gasteiger charge is 2.27. The van der Waals surface area contributed by atoms with Gasteiger partial charge in [-0.3, -0.25) is 0 Å². The number of piperidine rings is 1. The van der Waals surface area contributed by atoms with E-state index in [1.54, 1.807) is 23.2 Å². The number of nitriles is 1. The maximum absolute atomic E-state index is 12.2. The SMILES string of the molecule is Cc1cc(C=CC#N)cc(C)c1Oc1ccnc(NC2CCN(C(=O)OC(C)(C)C)CC2)n1. The number of benzene rings is 1. The average Bonchev–Trinajstić information content (AvgIpc) is 2.74. The molecular formula is C25H31N5O3. The first kappa shape index (κ1) is 24.1. The summed E-state index contributed by atoms with van der Waals surface area (Å²) in [7, 11) is 0. The van der Waals surface area contributed by atoms with Gasteiger partial charge in [-0.25, -0.2) is 9.78 Å². The Labute approximate surface area is 195 Å². The molecule has 8 nitrogen and oxygen atoms in total. The van der Waals surface area contributed by atoms with E-state index in [-0.39, 0.29) is 12.1 Å². The third-order valence-electron chi connectivity index (χ3n) is 5.15. The minimum absolute atomic E-state index is 0.161. The Balaban J connectivity index is 1.61. The first-order chi connectivity index (χ1) is 15.6. The van der Waals surface area contributed by atoms with Gasteiger partial charge in [-0.1, -0.05) is 0 Å². The van der Waals surface area contributed by atoms with Crippen LogP contribution in [0.4, 0.5) is 10.7 Å². The molecule has 0 atom stereocenters. The number of nitrogens with zero attached hydrogens (tertiary/aromatic N) is 4. The van der Waals surface area contributed by atoms with Gasteiger partial charge in [0.05, 0.1) is 6.07 Å². The molecule has 1 aliphatic rings. The molecule has 0 unspecified atom stereocenters. The second kappa shape index (κ2) is 10.3. The number of anilines is 1. The van der Waals surface area contributed by atoms with E-state index in [0.717, 1.165) is 35.3 Å². The second-order valence-corrected chi connectivity index (χ2v) is 9.15. The number of hydrogen-bond donors (Lipinski definition) is 1. The van der Waals surface area contributed by atoms with Crippen LogP contribution in [0, 0.1) is 25.2 Å². The molecule has 1 aliphatic heterocycles. The fraction of sp³-hybridized carbons (Fsp3) is 0.440. The highest BCUT2D eigenvalue weighted by atomic mass is 16.6. The van der Waals surface area contributed by atoms with Crippen LogP contribution in [0.25, 0.3) is 6.08 Å². The molecule has 1 fully saturated rings. The summed E-state index contributed by atoms with van der Waals surface area (Å²) in [5.74, 6) is 1.68. The zero-order chi connectivity index (χ0) is 24.0. The summed E-state index contributed by atoms with van der Waals surface area (Å²) < 4.78 is 11.5. The molecular weight excluding hydrogens is 418 g/mol. The molecule has 0 aliphatic carbocycles. The summed E-state index contributed by atoms with van der Waals surface area (Å²) in [6.45, 7) is 10.8. The average molecular weight is 450 g/mol. The van der Waals surface area contributed by atoms with Crippen LogP contribution in [0.3, 0.4) is 0 Å². The predicted octanol–water partition coefficient (Wildman–Crippen LogP) is 5.23. The normalized spacial score (nSPS) is 14.7. The zero-order valence-corrected chi connectivity index (χ0v) is 19.9. The number of hydrogen-bond acceptors (Lipinski definition) is 7. The maximum atomic E-state index is 12.2. The van der Waals surface area contributed by atoms with Crippen LogP contribution in [0.5, 0.6) is 11.6 Å². The molecule has 0 saturated carbocycles. The Kier molecular flexibility index (Phi) is 7.54. The molecule has 2 aromatic rings. The van der Waals surface area contributed by atoms with Gasteiger partial charge in [0.15, 0.2) is 0 Å². The Morgan fingerprint density at radius 1 is 1.24 bits per heavy atom. The lowest BCUT2D eigenvalue weighted by Gasteiger charge is -2.33. The Morgan fingerprint density at radius 3 is 2.52 bits per heavy atom. The topological polar surface area (TPSA) is 100 Å². The number of allylic oxidation sites excluding steroid dienone is 1. The standard InChI is InChI=1S/C25H31N5O3/c1-17-15-19(7-6-11-26)16-18(2)22(17)32-21-8-12-27-23(29-21)28-20-9-13-30(14-10-20)24(31)33-25(3,4)5/h6-8,12,15-16,20H,9-10,13-14H2,1-5H3,(H,27,28,29). The summed E-state index contributed by atoms with van der Waals surface area (Å²) in [6.07, 6.45) is 6.18. The third-order valence-corrected chi connectivity index (χ3v) is 5.15. The number of carbonyl (C=O) groups is 1. The third kappa shape index (κ3) is 6.94. The van der Waals surface area contributed by atoms with Crippen molar-refractivity contribution >= 4 is 18.1 Å². The van der Waals surface area contributed by atoms with Crippen molar-refractivity contribution in [3.8, 4) is 17.7 Å². The van der Waals surface area contributed by atoms with E-state index in [2.05, 4.69) is 15.3 Å². The van der Waals surface area contributed by atoms with Gasteiger partial charge in [-0.15, -0.1) is 0 Å². The smallest absolute Gasteiger partial charge is 0.410 e. The number of likely N-dealkylation sites (tertiary alicyclic amines) is 1. The van der Waals surface area contributed by atoms with Crippen LogP contribution in [0.15, 0.2) is 30.5 Å². The van der Waals surface area contributed by atoms with E-state index in [1.807, 2.05) is 52.8 Å². The van der Waals surface area contributed by atoms with Crippen LogP contribution in [0.1, 0.15) is 50.3 Å². The number of ether oxygens (including phenoxy) is 2. The van der Waals surface area contributed by atoms with Crippen LogP contribution in [-0.2, 0) is 4.74 Å². The number of amides is 1. The summed E-state index contributed by atoms with van der Waals surface area (Å²) in [6, 6.07) is 7.82. The van der Waals surface area contributed by atoms with Crippen molar-refractivity contribution in [2.24, 2.45) is 0 Å². The van der Waals surface area contributed by atoms with Gasteiger partial charge >= 0.3 is 6.09 Å². The van der Waals surface area contributed by atoms with Crippen LogP contribution in [0.2, 0.25) is 0 Å². The second-order valence-electron chi connectivity index (χ2n) is 9.15. The first-order valence-electron chi connectivity index (χ1n) is 11.1. The van der Waals surface area contributed by atoms with E-state index < -0.39 is 5.60 Å². The van der Waals surface area contributed by atoms with E-state index in [4.69, 9.17) is 14.7 Å². The molecule has 0 bridgehead atoms. The van der Waals surface area contributed by atoms with Gasteiger partial charge < -0.3 is 19.7 Å². The van der Waals surface area contributed by atoms with Gasteiger partial charge in [0.1, 0.15) is 11.4 Å². The minimum atomic E-state index is -0.495. The van der Waals surface area contributed by atoms with E-state index in [9.17, 15) is 4.79 Å². The molecule has 1 aromatic carbocycles. The quantitative estimate of drug-likeness (QED) is 0.624. The largest absolute Gasteiger partial charge is 0.444 e. The minimum Gasteiger partial charge on any atom is -0.444 e. The predicted molar refractivity (Wildman–Crippen MR) is 127 cm³/mol. The van der Waals surface area contributed by atoms with Crippen molar-refractivity contribution in [2.45, 2.75) is 59.1 Å².